The van der Waals surface area contributed by atoms with Gasteiger partial charge in [-0.3, -0.25) is 0 Å². The lowest BCUT2D eigenvalue weighted by Gasteiger charge is -2.14. The van der Waals surface area contributed by atoms with Crippen LogP contribution in [0.25, 0.3) is 0 Å². The van der Waals surface area contributed by atoms with E-state index in [1.807, 2.05) is 32.0 Å². The first-order valence-corrected chi connectivity index (χ1v) is 7.89. The van der Waals surface area contributed by atoms with Crippen LogP contribution >= 0.6 is 0 Å². The van der Waals surface area contributed by atoms with Crippen molar-refractivity contribution in [3.05, 3.63) is 23.8 Å². The molecule has 0 radical (unpaired) electrons. The number of rotatable bonds is 11. The first kappa shape index (κ1) is 17.8. The summed E-state index contributed by atoms with van der Waals surface area (Å²) in [7, 11) is 0. The van der Waals surface area contributed by atoms with Crippen LogP contribution in [0.1, 0.15) is 39.2 Å². The van der Waals surface area contributed by atoms with Crippen molar-refractivity contribution in [2.45, 2.75) is 46.1 Å². The van der Waals surface area contributed by atoms with E-state index in [1.54, 1.807) is 0 Å². The van der Waals surface area contributed by atoms with Crippen LogP contribution in [-0.4, -0.2) is 32.5 Å². The average Bonchev–Trinajstić information content (AvgIpc) is 2.44. The van der Waals surface area contributed by atoms with E-state index in [2.05, 4.69) is 6.92 Å². The van der Waals surface area contributed by atoms with Gasteiger partial charge in [-0.1, -0.05) is 19.4 Å². The molecule has 2 N–H and O–H groups in total. The third-order valence-corrected chi connectivity index (χ3v) is 2.99. The summed E-state index contributed by atoms with van der Waals surface area (Å²) >= 11 is 0. The van der Waals surface area contributed by atoms with Gasteiger partial charge in [0.25, 0.3) is 0 Å². The van der Waals surface area contributed by atoms with Crippen molar-refractivity contribution in [1.29, 1.82) is 0 Å². The van der Waals surface area contributed by atoms with E-state index < -0.39 is 0 Å². The van der Waals surface area contributed by atoms with Crippen LogP contribution in [0.4, 0.5) is 0 Å². The molecule has 1 aromatic carbocycles. The molecule has 0 bridgehead atoms. The Labute approximate surface area is 128 Å². The number of benzene rings is 1. The number of hydrogen-bond acceptors (Lipinski definition) is 4. The average molecular weight is 295 g/mol. The van der Waals surface area contributed by atoms with Crippen molar-refractivity contribution in [2.24, 2.45) is 5.73 Å². The van der Waals surface area contributed by atoms with E-state index in [0.717, 1.165) is 37.4 Å². The molecular formula is C17H29NO3. The molecule has 1 rings (SSSR count). The summed E-state index contributed by atoms with van der Waals surface area (Å²) in [4.78, 5) is 0. The highest BCUT2D eigenvalue weighted by molar-refractivity contribution is 5.43. The van der Waals surface area contributed by atoms with E-state index in [9.17, 15) is 0 Å². The molecule has 4 nitrogen and oxygen atoms in total. The van der Waals surface area contributed by atoms with Crippen LogP contribution < -0.4 is 15.2 Å². The molecule has 0 heterocycles. The summed E-state index contributed by atoms with van der Waals surface area (Å²) in [5.41, 5.74) is 7.00. The fraction of sp³-hybridized carbons (Fsp3) is 0.647. The Hall–Kier alpha value is -1.26. The molecular weight excluding hydrogens is 266 g/mol. The molecule has 0 fully saturated rings. The van der Waals surface area contributed by atoms with Crippen LogP contribution in [0, 0.1) is 0 Å². The second kappa shape index (κ2) is 10.5. The summed E-state index contributed by atoms with van der Waals surface area (Å²) in [6.07, 6.45) is 3.08. The summed E-state index contributed by atoms with van der Waals surface area (Å²) < 4.78 is 16.9. The third kappa shape index (κ3) is 7.34. The minimum Gasteiger partial charge on any atom is -0.490 e. The monoisotopic (exact) mass is 295 g/mol. The predicted octanol–water partition coefficient (Wildman–Crippen LogP) is 3.17. The smallest absolute Gasteiger partial charge is 0.161 e. The van der Waals surface area contributed by atoms with Crippen molar-refractivity contribution in [1.82, 2.24) is 0 Å². The quantitative estimate of drug-likeness (QED) is 0.637. The van der Waals surface area contributed by atoms with Gasteiger partial charge in [0.2, 0.25) is 0 Å². The van der Waals surface area contributed by atoms with Crippen molar-refractivity contribution < 1.29 is 14.2 Å². The van der Waals surface area contributed by atoms with Gasteiger partial charge in [-0.05, 0) is 44.4 Å². The Morgan fingerprint density at radius 1 is 1.05 bits per heavy atom. The minimum atomic E-state index is 0.137. The zero-order valence-corrected chi connectivity index (χ0v) is 13.6. The summed E-state index contributed by atoms with van der Waals surface area (Å²) in [5, 5.41) is 0. The summed E-state index contributed by atoms with van der Waals surface area (Å²) in [5.74, 6) is 1.55. The predicted molar refractivity (Wildman–Crippen MR) is 86.2 cm³/mol. The van der Waals surface area contributed by atoms with Gasteiger partial charge in [-0.15, -0.1) is 0 Å². The largest absolute Gasteiger partial charge is 0.490 e. The molecule has 4 heteroatoms. The van der Waals surface area contributed by atoms with Crippen molar-refractivity contribution >= 4 is 0 Å². The van der Waals surface area contributed by atoms with Gasteiger partial charge in [0.15, 0.2) is 11.5 Å². The number of ether oxygens (including phenoxy) is 3. The Morgan fingerprint density at radius 3 is 2.52 bits per heavy atom. The van der Waals surface area contributed by atoms with E-state index in [0.29, 0.717) is 19.8 Å². The number of unbranched alkanes of at least 4 members (excludes halogenated alkanes) is 1. The lowest BCUT2D eigenvalue weighted by molar-refractivity contribution is 0.0967. The molecule has 0 saturated carbocycles. The van der Waals surface area contributed by atoms with Crippen molar-refractivity contribution in [3.63, 3.8) is 0 Å². The van der Waals surface area contributed by atoms with Gasteiger partial charge < -0.3 is 19.9 Å². The van der Waals surface area contributed by atoms with Crippen LogP contribution in [-0.2, 0) is 11.2 Å². The maximum atomic E-state index is 5.84. The van der Waals surface area contributed by atoms with E-state index in [4.69, 9.17) is 19.9 Å². The summed E-state index contributed by atoms with van der Waals surface area (Å²) in [6, 6.07) is 6.15. The summed E-state index contributed by atoms with van der Waals surface area (Å²) in [6.45, 7) is 8.67. The second-order valence-electron chi connectivity index (χ2n) is 5.21. The topological polar surface area (TPSA) is 53.7 Å². The molecule has 0 aromatic heterocycles. The fourth-order valence-corrected chi connectivity index (χ4v) is 2.00. The molecule has 1 aromatic rings. The fourth-order valence-electron chi connectivity index (χ4n) is 2.00. The zero-order chi connectivity index (χ0) is 15.5. The maximum absolute atomic E-state index is 5.84. The highest BCUT2D eigenvalue weighted by Gasteiger charge is 2.07. The van der Waals surface area contributed by atoms with Gasteiger partial charge in [0.05, 0.1) is 13.2 Å². The van der Waals surface area contributed by atoms with Crippen LogP contribution in [0.3, 0.4) is 0 Å². The molecule has 1 unspecified atom stereocenters. The van der Waals surface area contributed by atoms with E-state index in [1.165, 1.54) is 5.56 Å². The molecule has 0 spiro atoms. The van der Waals surface area contributed by atoms with Crippen molar-refractivity contribution in [2.75, 3.05) is 26.4 Å². The molecule has 1 atom stereocenters. The van der Waals surface area contributed by atoms with Gasteiger partial charge in [0.1, 0.15) is 6.61 Å². The van der Waals surface area contributed by atoms with E-state index in [-0.39, 0.29) is 6.04 Å². The molecule has 0 amide bonds. The van der Waals surface area contributed by atoms with Gasteiger partial charge >= 0.3 is 0 Å². The van der Waals surface area contributed by atoms with E-state index >= 15 is 0 Å². The zero-order valence-electron chi connectivity index (χ0n) is 13.6. The second-order valence-corrected chi connectivity index (χ2v) is 5.21. The van der Waals surface area contributed by atoms with Crippen LogP contribution in [0.5, 0.6) is 11.5 Å². The Morgan fingerprint density at radius 2 is 1.86 bits per heavy atom. The first-order chi connectivity index (χ1) is 10.2. The highest BCUT2D eigenvalue weighted by Crippen LogP contribution is 2.28. The molecule has 21 heavy (non-hydrogen) atoms. The van der Waals surface area contributed by atoms with Crippen LogP contribution in [0.15, 0.2) is 18.2 Å². The Bertz CT molecular complexity index is 394. The molecule has 0 saturated heterocycles. The number of nitrogens with two attached hydrogens (primary N) is 1. The Kier molecular flexibility index (Phi) is 8.87. The molecule has 120 valence electrons. The molecule has 0 aliphatic rings. The third-order valence-electron chi connectivity index (χ3n) is 2.99. The molecule has 0 aliphatic heterocycles. The lowest BCUT2D eigenvalue weighted by atomic mass is 10.1. The van der Waals surface area contributed by atoms with Gasteiger partial charge in [-0.2, -0.15) is 0 Å². The Balaban J connectivity index is 2.51. The normalized spacial score (nSPS) is 12.2. The minimum absolute atomic E-state index is 0.137. The van der Waals surface area contributed by atoms with Crippen molar-refractivity contribution in [3.8, 4) is 11.5 Å². The lowest BCUT2D eigenvalue weighted by Crippen LogP contribution is -2.17. The maximum Gasteiger partial charge on any atom is 0.161 e. The van der Waals surface area contributed by atoms with Gasteiger partial charge in [0, 0.05) is 12.6 Å². The highest BCUT2D eigenvalue weighted by atomic mass is 16.5. The first-order valence-electron chi connectivity index (χ1n) is 7.89. The standard InChI is InChI=1S/C17H29NO3/c1-4-6-9-19-10-11-21-16-8-7-15(12-14(3)18)13-17(16)20-5-2/h7-8,13-14H,4-6,9-12,18H2,1-3H3. The van der Waals surface area contributed by atoms with Gasteiger partial charge in [-0.25, -0.2) is 0 Å². The number of hydrogen-bond donors (Lipinski definition) is 1. The SMILES string of the molecule is CCCCOCCOc1ccc(CC(C)N)cc1OCC. The van der Waals surface area contributed by atoms with Crippen LogP contribution in [0.2, 0.25) is 0 Å². The molecule has 0 aliphatic carbocycles.